The zero-order valence-corrected chi connectivity index (χ0v) is 11.1. The first-order valence-corrected chi connectivity index (χ1v) is 7.67. The van der Waals surface area contributed by atoms with Crippen LogP contribution in [0.25, 0.3) is 0 Å². The number of hydrogen-bond donors (Lipinski definition) is 1. The Labute approximate surface area is 96.6 Å². The van der Waals surface area contributed by atoms with Crippen LogP contribution < -0.4 is 5.73 Å². The van der Waals surface area contributed by atoms with Crippen molar-refractivity contribution >= 4 is 21.8 Å². The molecule has 0 radical (unpaired) electrons. The van der Waals surface area contributed by atoms with Crippen LogP contribution in [0.2, 0.25) is 0 Å². The molecule has 0 amide bonds. The van der Waals surface area contributed by atoms with Gasteiger partial charge in [-0.3, -0.25) is 0 Å². The second kappa shape index (κ2) is 5.03. The maximum atomic E-state index is 12.0. The minimum Gasteiger partial charge on any atom is -0.329 e. The monoisotopic (exact) mass is 252 g/mol. The van der Waals surface area contributed by atoms with Gasteiger partial charge in [0.15, 0.2) is 0 Å². The lowest BCUT2D eigenvalue weighted by atomic mass is 10.4. The molecular formula is C9H20N2O2S2. The summed E-state index contributed by atoms with van der Waals surface area (Å²) in [5, 5.41) is 0.266. The van der Waals surface area contributed by atoms with E-state index >= 15 is 0 Å². The first kappa shape index (κ1) is 13.3. The molecule has 4 nitrogen and oxygen atoms in total. The third kappa shape index (κ3) is 3.09. The number of sulfonamides is 1. The number of rotatable bonds is 3. The van der Waals surface area contributed by atoms with Crippen molar-refractivity contribution in [3.05, 3.63) is 0 Å². The molecule has 6 heteroatoms. The molecule has 0 bridgehead atoms. The Hall–Kier alpha value is 0.220. The van der Waals surface area contributed by atoms with Crippen LogP contribution in [0.15, 0.2) is 0 Å². The fraction of sp³-hybridized carbons (Fsp3) is 1.00. The average molecular weight is 252 g/mol. The van der Waals surface area contributed by atoms with Gasteiger partial charge in [-0.1, -0.05) is 13.8 Å². The van der Waals surface area contributed by atoms with E-state index in [1.807, 2.05) is 11.8 Å². The Kier molecular flexibility index (Phi) is 4.46. The number of hydrogen-bond acceptors (Lipinski definition) is 4. The molecule has 0 spiro atoms. The van der Waals surface area contributed by atoms with E-state index in [-0.39, 0.29) is 6.54 Å². The van der Waals surface area contributed by atoms with Gasteiger partial charge in [-0.25, -0.2) is 8.42 Å². The van der Waals surface area contributed by atoms with Crippen molar-refractivity contribution in [2.45, 2.75) is 36.5 Å². The lowest BCUT2D eigenvalue weighted by Gasteiger charge is -2.35. The molecule has 15 heavy (non-hydrogen) atoms. The van der Waals surface area contributed by atoms with Crippen molar-refractivity contribution in [1.82, 2.24) is 4.31 Å². The summed E-state index contributed by atoms with van der Waals surface area (Å²) in [7, 11) is -3.18. The molecule has 0 aromatic rings. The van der Waals surface area contributed by atoms with Crippen LogP contribution >= 0.6 is 11.8 Å². The zero-order chi connectivity index (χ0) is 11.6. The van der Waals surface area contributed by atoms with E-state index in [1.165, 1.54) is 0 Å². The van der Waals surface area contributed by atoms with Gasteiger partial charge in [0.2, 0.25) is 10.0 Å². The summed E-state index contributed by atoms with van der Waals surface area (Å²) in [4.78, 5) is 0. The lowest BCUT2D eigenvalue weighted by molar-refractivity contribution is 0.399. The third-order valence-corrected chi connectivity index (χ3v) is 6.04. The highest BCUT2D eigenvalue weighted by atomic mass is 32.2. The highest BCUT2D eigenvalue weighted by Crippen LogP contribution is 2.27. The topological polar surface area (TPSA) is 63.4 Å². The fourth-order valence-electron chi connectivity index (χ4n) is 1.71. The zero-order valence-electron chi connectivity index (χ0n) is 9.51. The van der Waals surface area contributed by atoms with Crippen LogP contribution in [0.5, 0.6) is 0 Å². The van der Waals surface area contributed by atoms with E-state index in [2.05, 4.69) is 13.8 Å². The molecule has 1 heterocycles. The number of nitrogens with zero attached hydrogens (tertiary/aromatic N) is 1. The van der Waals surface area contributed by atoms with Crippen molar-refractivity contribution in [3.63, 3.8) is 0 Å². The second-order valence-electron chi connectivity index (χ2n) is 4.17. The largest absolute Gasteiger partial charge is 0.329 e. The number of nitrogens with two attached hydrogens (primary N) is 1. The van der Waals surface area contributed by atoms with Gasteiger partial charge >= 0.3 is 0 Å². The second-order valence-corrected chi connectivity index (χ2v) is 8.40. The van der Waals surface area contributed by atoms with Crippen molar-refractivity contribution < 1.29 is 8.42 Å². The summed E-state index contributed by atoms with van der Waals surface area (Å²) in [5.41, 5.74) is 5.42. The molecule has 0 aromatic carbocycles. The van der Waals surface area contributed by atoms with Crippen LogP contribution in [0.1, 0.15) is 20.8 Å². The molecule has 0 saturated carbocycles. The Balaban J connectivity index is 2.79. The molecule has 1 fully saturated rings. The lowest BCUT2D eigenvalue weighted by Crippen LogP contribution is -2.48. The minimum absolute atomic E-state index is 0.189. The Morgan fingerprint density at radius 2 is 1.87 bits per heavy atom. The molecule has 1 saturated heterocycles. The molecular weight excluding hydrogens is 232 g/mol. The summed E-state index contributed by atoms with van der Waals surface area (Å²) in [6.45, 7) is 7.22. The minimum atomic E-state index is -3.18. The summed E-state index contributed by atoms with van der Waals surface area (Å²) in [6, 6.07) is 0. The Morgan fingerprint density at radius 1 is 1.40 bits per heavy atom. The molecule has 2 N–H and O–H groups in total. The number of thioether (sulfide) groups is 1. The van der Waals surface area contributed by atoms with Gasteiger partial charge < -0.3 is 5.73 Å². The van der Waals surface area contributed by atoms with Gasteiger partial charge in [0.05, 0.1) is 5.25 Å². The summed E-state index contributed by atoms with van der Waals surface area (Å²) in [5.74, 6) is 0. The van der Waals surface area contributed by atoms with Gasteiger partial charge in [-0.05, 0) is 6.92 Å². The van der Waals surface area contributed by atoms with E-state index < -0.39 is 15.3 Å². The molecule has 90 valence electrons. The van der Waals surface area contributed by atoms with Gasteiger partial charge in [0.25, 0.3) is 0 Å². The van der Waals surface area contributed by atoms with Gasteiger partial charge in [0, 0.05) is 30.1 Å². The molecule has 1 rings (SSSR count). The third-order valence-electron chi connectivity index (χ3n) is 2.59. The smallest absolute Gasteiger partial charge is 0.218 e. The van der Waals surface area contributed by atoms with Crippen molar-refractivity contribution in [2.75, 3.05) is 19.6 Å². The van der Waals surface area contributed by atoms with Crippen LogP contribution in [0.4, 0.5) is 0 Å². The van der Waals surface area contributed by atoms with E-state index in [0.29, 0.717) is 23.6 Å². The van der Waals surface area contributed by atoms with Gasteiger partial charge in [0.1, 0.15) is 0 Å². The SMILES string of the molecule is CC1CN(S(=O)(=O)C(C)CN)CC(C)S1. The Morgan fingerprint density at radius 3 is 2.27 bits per heavy atom. The van der Waals surface area contributed by atoms with Gasteiger partial charge in [-0.15, -0.1) is 0 Å². The molecule has 3 unspecified atom stereocenters. The first-order valence-electron chi connectivity index (χ1n) is 5.22. The normalized spacial score (nSPS) is 31.5. The van der Waals surface area contributed by atoms with E-state index in [9.17, 15) is 8.42 Å². The Bertz CT molecular complexity index is 295. The molecule has 1 aliphatic heterocycles. The summed E-state index contributed by atoms with van der Waals surface area (Å²) in [6.07, 6.45) is 0. The highest BCUT2D eigenvalue weighted by Gasteiger charge is 2.33. The maximum absolute atomic E-state index is 12.0. The molecule has 3 atom stereocenters. The van der Waals surface area contributed by atoms with E-state index in [1.54, 1.807) is 11.2 Å². The predicted molar refractivity (Wildman–Crippen MR) is 65.5 cm³/mol. The van der Waals surface area contributed by atoms with Crippen LogP contribution in [0.3, 0.4) is 0 Å². The molecule has 1 aliphatic rings. The van der Waals surface area contributed by atoms with Crippen molar-refractivity contribution in [3.8, 4) is 0 Å². The van der Waals surface area contributed by atoms with Crippen molar-refractivity contribution in [2.24, 2.45) is 5.73 Å². The van der Waals surface area contributed by atoms with E-state index in [4.69, 9.17) is 5.73 Å². The van der Waals surface area contributed by atoms with Crippen molar-refractivity contribution in [1.29, 1.82) is 0 Å². The summed E-state index contributed by atoms with van der Waals surface area (Å²) < 4.78 is 25.7. The molecule has 0 aromatic heterocycles. The van der Waals surface area contributed by atoms with Crippen LogP contribution in [-0.4, -0.2) is 48.1 Å². The maximum Gasteiger partial charge on any atom is 0.218 e. The molecule has 0 aliphatic carbocycles. The van der Waals surface area contributed by atoms with E-state index in [0.717, 1.165) is 0 Å². The van der Waals surface area contributed by atoms with Crippen LogP contribution in [-0.2, 0) is 10.0 Å². The first-order chi connectivity index (χ1) is 6.87. The van der Waals surface area contributed by atoms with Crippen LogP contribution in [0, 0.1) is 0 Å². The highest BCUT2D eigenvalue weighted by molar-refractivity contribution is 8.00. The fourth-order valence-corrected chi connectivity index (χ4v) is 4.84. The average Bonchev–Trinajstić information content (AvgIpc) is 2.15. The quantitative estimate of drug-likeness (QED) is 0.794. The van der Waals surface area contributed by atoms with Gasteiger partial charge in [-0.2, -0.15) is 16.1 Å². The predicted octanol–water partition coefficient (Wildman–Crippen LogP) is 0.489. The summed E-state index contributed by atoms with van der Waals surface area (Å²) >= 11 is 1.84. The standard InChI is InChI=1S/C9H20N2O2S2/c1-7-5-11(6-8(2)14-7)15(12,13)9(3)4-10/h7-9H,4-6,10H2,1-3H3.